The van der Waals surface area contributed by atoms with Gasteiger partial charge < -0.3 is 17.7 Å². The zero-order valence-electron chi connectivity index (χ0n) is 35.1. The standard InChI is InChI=1S/C46H66O4Si2/c1-31(2)39-27-41(33(5)6)45(42(28-39)34(7)8)51(47-13,48-14)25-19-23-37-21-17-18-22-38(37)24-20-26-52(49-15,50-16)46-43(35(9)10)29-40(32(3)4)30-44(46)36(11)12/h17-18,21-22,27-36H,23-24H2,1-16H3. The Balaban J connectivity index is 2.10. The molecule has 0 spiro atoms. The maximum Gasteiger partial charge on any atom is 0.458 e. The minimum atomic E-state index is -3.12. The van der Waals surface area contributed by atoms with Crippen LogP contribution in [0.3, 0.4) is 0 Å². The fourth-order valence-corrected chi connectivity index (χ4v) is 12.4. The maximum absolute atomic E-state index is 6.36. The van der Waals surface area contributed by atoms with Crippen LogP contribution in [0.25, 0.3) is 0 Å². The van der Waals surface area contributed by atoms with E-state index in [4.69, 9.17) is 17.7 Å². The Morgan fingerprint density at radius 1 is 0.442 bits per heavy atom. The second-order valence-electron chi connectivity index (χ2n) is 15.9. The second-order valence-corrected chi connectivity index (χ2v) is 21.5. The van der Waals surface area contributed by atoms with Gasteiger partial charge in [-0.05, 0) is 80.0 Å². The van der Waals surface area contributed by atoms with Gasteiger partial charge in [-0.25, -0.2) is 0 Å². The summed E-state index contributed by atoms with van der Waals surface area (Å²) in [5.74, 6) is 9.15. The van der Waals surface area contributed by atoms with Crippen molar-refractivity contribution in [2.45, 2.75) is 131 Å². The Hall–Kier alpha value is -2.95. The van der Waals surface area contributed by atoms with E-state index in [0.29, 0.717) is 48.3 Å². The molecule has 0 bridgehead atoms. The predicted molar refractivity (Wildman–Crippen MR) is 226 cm³/mol. The van der Waals surface area contributed by atoms with Crippen molar-refractivity contribution >= 4 is 27.5 Å². The highest BCUT2D eigenvalue weighted by atomic mass is 28.4. The summed E-state index contributed by atoms with van der Waals surface area (Å²) >= 11 is 0. The summed E-state index contributed by atoms with van der Waals surface area (Å²) in [5.41, 5.74) is 17.3. The fourth-order valence-electron chi connectivity index (χ4n) is 6.99. The number of rotatable bonds is 14. The van der Waals surface area contributed by atoms with E-state index >= 15 is 0 Å². The average molecular weight is 739 g/mol. The first-order valence-corrected chi connectivity index (χ1v) is 22.8. The zero-order chi connectivity index (χ0) is 39.0. The van der Waals surface area contributed by atoms with Crippen LogP contribution in [0.4, 0.5) is 0 Å². The van der Waals surface area contributed by atoms with Gasteiger partial charge in [-0.2, -0.15) is 0 Å². The van der Waals surface area contributed by atoms with E-state index in [9.17, 15) is 0 Å². The molecule has 0 fully saturated rings. The summed E-state index contributed by atoms with van der Waals surface area (Å²) in [5, 5.41) is 2.34. The summed E-state index contributed by atoms with van der Waals surface area (Å²) in [7, 11) is 0.787. The molecule has 3 aromatic carbocycles. The van der Waals surface area contributed by atoms with Gasteiger partial charge in [0.2, 0.25) is 0 Å². The molecule has 52 heavy (non-hydrogen) atoms. The molecule has 0 aliphatic rings. The van der Waals surface area contributed by atoms with E-state index in [2.05, 4.69) is 155 Å². The molecule has 3 rings (SSSR count). The molecular formula is C46H66O4Si2. The quantitative estimate of drug-likeness (QED) is 0.122. The molecule has 0 unspecified atom stereocenters. The lowest BCUT2D eigenvalue weighted by atomic mass is 9.89. The van der Waals surface area contributed by atoms with Crippen LogP contribution in [-0.2, 0) is 30.5 Å². The van der Waals surface area contributed by atoms with Gasteiger partial charge in [0.05, 0.1) is 0 Å². The third kappa shape index (κ3) is 9.58. The van der Waals surface area contributed by atoms with Gasteiger partial charge in [0.25, 0.3) is 0 Å². The maximum atomic E-state index is 6.36. The van der Waals surface area contributed by atoms with E-state index in [1.165, 1.54) is 43.8 Å². The molecule has 0 saturated heterocycles. The molecule has 0 N–H and O–H groups in total. The minimum absolute atomic E-state index is 0.306. The Bertz CT molecular complexity index is 1580. The van der Waals surface area contributed by atoms with Crippen LogP contribution >= 0.6 is 0 Å². The third-order valence-corrected chi connectivity index (χ3v) is 16.0. The van der Waals surface area contributed by atoms with Gasteiger partial charge >= 0.3 is 17.1 Å². The molecule has 0 radical (unpaired) electrons. The van der Waals surface area contributed by atoms with Crippen molar-refractivity contribution in [2.24, 2.45) is 0 Å². The first-order chi connectivity index (χ1) is 24.5. The van der Waals surface area contributed by atoms with Crippen molar-refractivity contribution < 1.29 is 17.7 Å². The number of hydrogen-bond acceptors (Lipinski definition) is 4. The Morgan fingerprint density at radius 2 is 0.712 bits per heavy atom. The molecule has 0 aliphatic heterocycles. The van der Waals surface area contributed by atoms with Crippen LogP contribution in [-0.4, -0.2) is 45.6 Å². The molecule has 3 aromatic rings. The lowest BCUT2D eigenvalue weighted by Gasteiger charge is -2.31. The monoisotopic (exact) mass is 738 g/mol. The van der Waals surface area contributed by atoms with Crippen LogP contribution in [0.2, 0.25) is 0 Å². The minimum Gasteiger partial charge on any atom is -0.385 e. The zero-order valence-corrected chi connectivity index (χ0v) is 37.1. The summed E-state index contributed by atoms with van der Waals surface area (Å²) in [6.07, 6.45) is 1.14. The Kier molecular flexibility index (Phi) is 15.8. The largest absolute Gasteiger partial charge is 0.458 e. The fraction of sp³-hybridized carbons (Fsp3) is 0.522. The van der Waals surface area contributed by atoms with E-state index in [1.54, 1.807) is 28.4 Å². The van der Waals surface area contributed by atoms with Crippen molar-refractivity contribution in [1.82, 2.24) is 0 Å². The van der Waals surface area contributed by atoms with E-state index in [0.717, 1.165) is 11.1 Å². The van der Waals surface area contributed by atoms with Crippen molar-refractivity contribution in [3.63, 3.8) is 0 Å². The van der Waals surface area contributed by atoms with Crippen LogP contribution in [0.5, 0.6) is 0 Å². The first-order valence-electron chi connectivity index (χ1n) is 19.2. The van der Waals surface area contributed by atoms with Gasteiger partial charge in [-0.15, -0.1) is 11.8 Å². The highest BCUT2D eigenvalue weighted by Gasteiger charge is 2.44. The van der Waals surface area contributed by atoms with Crippen molar-refractivity contribution in [3.8, 4) is 22.9 Å². The van der Waals surface area contributed by atoms with Crippen LogP contribution in [0.1, 0.15) is 163 Å². The van der Waals surface area contributed by atoms with Gasteiger partial charge in [-0.3, -0.25) is 0 Å². The number of benzene rings is 3. The molecule has 0 saturated carbocycles. The summed E-state index contributed by atoms with van der Waals surface area (Å²) in [4.78, 5) is 0. The lowest BCUT2D eigenvalue weighted by molar-refractivity contribution is 0.273. The third-order valence-electron chi connectivity index (χ3n) is 10.3. The van der Waals surface area contributed by atoms with E-state index in [-0.39, 0.29) is 0 Å². The Morgan fingerprint density at radius 3 is 0.923 bits per heavy atom. The number of hydrogen-bond donors (Lipinski definition) is 0. The van der Waals surface area contributed by atoms with Crippen molar-refractivity contribution in [2.75, 3.05) is 28.4 Å². The van der Waals surface area contributed by atoms with Crippen LogP contribution in [0, 0.1) is 22.9 Å². The molecule has 282 valence electrons. The normalized spacial score (nSPS) is 12.3. The Labute approximate surface area is 319 Å². The molecule has 0 atom stereocenters. The first kappa shape index (κ1) is 43.5. The topological polar surface area (TPSA) is 36.9 Å². The summed E-state index contributed by atoms with van der Waals surface area (Å²) in [6, 6.07) is 17.9. The SMILES string of the molecule is CO[Si](C#CCc1ccccc1CC#C[Si](OC)(OC)c1c(C(C)C)cc(C(C)C)cc1C(C)C)(OC)c1c(C(C)C)cc(C(C)C)cc1C(C)C. The molecule has 4 nitrogen and oxygen atoms in total. The van der Waals surface area contributed by atoms with Gasteiger partial charge in [0.1, 0.15) is 0 Å². The highest BCUT2D eigenvalue weighted by Crippen LogP contribution is 2.30. The highest BCUT2D eigenvalue weighted by molar-refractivity contribution is 6.89. The average Bonchev–Trinajstić information content (AvgIpc) is 3.11. The van der Waals surface area contributed by atoms with Gasteiger partial charge in [-0.1, -0.05) is 143 Å². The van der Waals surface area contributed by atoms with Crippen LogP contribution < -0.4 is 10.4 Å². The predicted octanol–water partition coefficient (Wildman–Crippen LogP) is 9.88. The van der Waals surface area contributed by atoms with Gasteiger partial charge in [0, 0.05) is 51.7 Å². The summed E-state index contributed by atoms with van der Waals surface area (Å²) in [6.45, 7) is 27.0. The molecule has 6 heteroatoms. The molecule has 0 aromatic heterocycles. The van der Waals surface area contributed by atoms with E-state index < -0.39 is 17.1 Å². The lowest BCUT2D eigenvalue weighted by Crippen LogP contribution is -2.55. The molecule has 0 amide bonds. The smallest absolute Gasteiger partial charge is 0.385 e. The second kappa shape index (κ2) is 18.9. The van der Waals surface area contributed by atoms with Crippen molar-refractivity contribution in [3.05, 3.63) is 93.0 Å². The molecule has 0 aliphatic carbocycles. The van der Waals surface area contributed by atoms with Crippen molar-refractivity contribution in [1.29, 1.82) is 0 Å². The van der Waals surface area contributed by atoms with E-state index in [1.807, 2.05) is 0 Å². The van der Waals surface area contributed by atoms with Gasteiger partial charge in [0.15, 0.2) is 0 Å². The molecule has 0 heterocycles. The summed E-state index contributed by atoms with van der Waals surface area (Å²) < 4.78 is 25.5. The van der Waals surface area contributed by atoms with Crippen LogP contribution in [0.15, 0.2) is 48.5 Å². The molecular weight excluding hydrogens is 673 g/mol.